The van der Waals surface area contributed by atoms with Gasteiger partial charge in [-0.25, -0.2) is 4.79 Å². The first kappa shape index (κ1) is 33.2. The first-order chi connectivity index (χ1) is 21.9. The minimum atomic E-state index is -1.75. The number of hydrogen-bond donors (Lipinski definition) is 9. The Morgan fingerprint density at radius 3 is 1.70 bits per heavy atom. The molecule has 0 spiro atoms. The molecule has 0 saturated heterocycles. The van der Waals surface area contributed by atoms with Gasteiger partial charge in [0.15, 0.2) is 0 Å². The predicted molar refractivity (Wildman–Crippen MR) is 165 cm³/mol. The monoisotopic (exact) mass is 634 g/mol. The van der Waals surface area contributed by atoms with Gasteiger partial charge in [-0.3, -0.25) is 24.0 Å². The van der Waals surface area contributed by atoms with Gasteiger partial charge < -0.3 is 47.0 Å². The maximum absolute atomic E-state index is 13.6. The molecule has 10 N–H and O–H groups in total. The Labute approximate surface area is 261 Å². The van der Waals surface area contributed by atoms with Gasteiger partial charge in [0.05, 0.1) is 12.5 Å². The van der Waals surface area contributed by atoms with Crippen molar-refractivity contribution >= 4 is 57.4 Å². The van der Waals surface area contributed by atoms with Crippen molar-refractivity contribution in [2.24, 2.45) is 5.73 Å². The number of para-hydroxylation sites is 2. The minimum Gasteiger partial charge on any atom is -0.481 e. The summed E-state index contributed by atoms with van der Waals surface area (Å²) in [5.74, 6) is -7.06. The highest BCUT2D eigenvalue weighted by atomic mass is 16.4. The molecule has 4 atom stereocenters. The number of H-pyrrole nitrogens is 2. The van der Waals surface area contributed by atoms with Crippen LogP contribution >= 0.6 is 0 Å². The second-order valence-corrected chi connectivity index (χ2v) is 10.8. The van der Waals surface area contributed by atoms with Gasteiger partial charge in [-0.15, -0.1) is 0 Å². The Kier molecular flexibility index (Phi) is 10.7. The van der Waals surface area contributed by atoms with Crippen molar-refractivity contribution in [2.45, 2.75) is 56.3 Å². The van der Waals surface area contributed by atoms with Gasteiger partial charge >= 0.3 is 17.9 Å². The molecule has 0 aliphatic heterocycles. The molecule has 4 rings (SSSR count). The first-order valence-electron chi connectivity index (χ1n) is 14.4. The average Bonchev–Trinajstić information content (AvgIpc) is 3.61. The fourth-order valence-corrected chi connectivity index (χ4v) is 5.09. The zero-order valence-corrected chi connectivity index (χ0v) is 24.5. The lowest BCUT2D eigenvalue weighted by Gasteiger charge is -2.24. The van der Waals surface area contributed by atoms with Crippen molar-refractivity contribution in [3.63, 3.8) is 0 Å². The number of aliphatic carboxylic acids is 3. The van der Waals surface area contributed by atoms with Gasteiger partial charge in [-0.05, 0) is 36.1 Å². The fourth-order valence-electron chi connectivity index (χ4n) is 5.09. The lowest BCUT2D eigenvalue weighted by molar-refractivity contribution is -0.144. The number of nitrogens with one attached hydrogen (secondary N) is 5. The summed E-state index contributed by atoms with van der Waals surface area (Å²) in [7, 11) is 0. The molecule has 15 heteroatoms. The smallest absolute Gasteiger partial charge is 0.326 e. The highest BCUT2D eigenvalue weighted by Crippen LogP contribution is 2.21. The number of carbonyl (C=O) groups excluding carboxylic acids is 3. The maximum Gasteiger partial charge on any atom is 0.326 e. The van der Waals surface area contributed by atoms with Crippen LogP contribution in [-0.2, 0) is 41.6 Å². The standard InChI is InChI=1S/C31H34N6O9/c32-20(11-16-14-33-21-7-3-1-5-18(16)21)28(42)36-24(12-17-15-34-22-8-4-2-6-19(17)22)29(43)37-25(13-27(40)41)30(44)35-23(31(45)46)9-10-26(38)39/h1-8,14-15,20,23-25,33-34H,9-13,32H2,(H,35,44)(H,36,42)(H,37,43)(H,38,39)(H,40,41)(H,45,46). The zero-order valence-electron chi connectivity index (χ0n) is 24.5. The van der Waals surface area contributed by atoms with Gasteiger partial charge in [0.25, 0.3) is 0 Å². The number of benzene rings is 2. The van der Waals surface area contributed by atoms with Crippen LogP contribution in [0, 0.1) is 0 Å². The molecule has 0 aliphatic rings. The molecule has 15 nitrogen and oxygen atoms in total. The molecular formula is C31H34N6O9. The number of hydrogen-bond acceptors (Lipinski definition) is 7. The normalized spacial score (nSPS) is 13.8. The lowest BCUT2D eigenvalue weighted by Crippen LogP contribution is -2.58. The van der Waals surface area contributed by atoms with E-state index in [4.69, 9.17) is 10.8 Å². The number of carboxylic acids is 3. The van der Waals surface area contributed by atoms with E-state index in [1.165, 1.54) is 0 Å². The Balaban J connectivity index is 1.55. The summed E-state index contributed by atoms with van der Waals surface area (Å²) in [4.78, 5) is 80.3. The van der Waals surface area contributed by atoms with Crippen LogP contribution in [0.25, 0.3) is 21.8 Å². The van der Waals surface area contributed by atoms with Crippen LogP contribution in [0.2, 0.25) is 0 Å². The number of amides is 3. The second-order valence-electron chi connectivity index (χ2n) is 10.8. The largest absolute Gasteiger partial charge is 0.481 e. The first-order valence-corrected chi connectivity index (χ1v) is 14.4. The zero-order chi connectivity index (χ0) is 33.4. The SMILES string of the molecule is NC(Cc1c[nH]c2ccccc12)C(=O)NC(Cc1c[nH]c2ccccc12)C(=O)NC(CC(=O)O)C(=O)NC(CCC(=O)O)C(=O)O. The van der Waals surface area contributed by atoms with Gasteiger partial charge in [0.1, 0.15) is 18.1 Å². The molecule has 2 aromatic carbocycles. The van der Waals surface area contributed by atoms with Gasteiger partial charge in [-0.1, -0.05) is 36.4 Å². The van der Waals surface area contributed by atoms with Gasteiger partial charge in [-0.2, -0.15) is 0 Å². The predicted octanol–water partition coefficient (Wildman–Crippen LogP) is 0.640. The van der Waals surface area contributed by atoms with Crippen molar-refractivity contribution < 1.29 is 44.1 Å². The second kappa shape index (κ2) is 14.9. The molecular weight excluding hydrogens is 600 g/mol. The summed E-state index contributed by atoms with van der Waals surface area (Å²) in [5.41, 5.74) is 9.30. The molecule has 46 heavy (non-hydrogen) atoms. The number of rotatable bonds is 16. The molecule has 2 heterocycles. The lowest BCUT2D eigenvalue weighted by atomic mass is 10.0. The Morgan fingerprint density at radius 2 is 1.15 bits per heavy atom. The number of carboxylic acid groups (broad SMARTS) is 3. The van der Waals surface area contributed by atoms with E-state index in [-0.39, 0.29) is 12.8 Å². The molecule has 0 aliphatic carbocycles. The Morgan fingerprint density at radius 1 is 0.652 bits per heavy atom. The summed E-state index contributed by atoms with van der Waals surface area (Å²) in [6.45, 7) is 0. The number of aromatic nitrogens is 2. The molecule has 3 amide bonds. The van der Waals surface area contributed by atoms with Crippen molar-refractivity contribution in [1.82, 2.24) is 25.9 Å². The van der Waals surface area contributed by atoms with Crippen molar-refractivity contribution in [3.05, 3.63) is 72.1 Å². The third-order valence-corrected chi connectivity index (χ3v) is 7.46. The summed E-state index contributed by atoms with van der Waals surface area (Å²) in [6.07, 6.45) is 1.49. The third-order valence-electron chi connectivity index (χ3n) is 7.46. The molecule has 0 bridgehead atoms. The van der Waals surface area contributed by atoms with E-state index in [9.17, 15) is 39.0 Å². The van der Waals surface area contributed by atoms with Crippen LogP contribution in [0.5, 0.6) is 0 Å². The maximum atomic E-state index is 13.6. The van der Waals surface area contributed by atoms with Crippen LogP contribution in [0.3, 0.4) is 0 Å². The number of fused-ring (bicyclic) bond motifs is 2. The van der Waals surface area contributed by atoms with Crippen LogP contribution in [0.15, 0.2) is 60.9 Å². The van der Waals surface area contributed by atoms with E-state index in [0.29, 0.717) is 5.56 Å². The van der Waals surface area contributed by atoms with Crippen LogP contribution in [-0.4, -0.2) is 85.1 Å². The van der Waals surface area contributed by atoms with E-state index < -0.39 is 79.1 Å². The highest BCUT2D eigenvalue weighted by molar-refractivity contribution is 5.96. The van der Waals surface area contributed by atoms with Crippen molar-refractivity contribution in [2.75, 3.05) is 0 Å². The fraction of sp³-hybridized carbons (Fsp3) is 0.290. The van der Waals surface area contributed by atoms with Gasteiger partial charge in [0.2, 0.25) is 17.7 Å². The highest BCUT2D eigenvalue weighted by Gasteiger charge is 2.32. The molecule has 0 fully saturated rings. The molecule has 4 unspecified atom stereocenters. The third kappa shape index (κ3) is 8.47. The quantitative estimate of drug-likeness (QED) is 0.0831. The van der Waals surface area contributed by atoms with E-state index in [0.717, 1.165) is 27.4 Å². The van der Waals surface area contributed by atoms with Crippen molar-refractivity contribution in [1.29, 1.82) is 0 Å². The minimum absolute atomic E-state index is 0.0703. The summed E-state index contributed by atoms with van der Waals surface area (Å²) in [5, 5.41) is 36.4. The molecule has 0 saturated carbocycles. The van der Waals surface area contributed by atoms with E-state index in [1.54, 1.807) is 18.5 Å². The van der Waals surface area contributed by atoms with Crippen LogP contribution < -0.4 is 21.7 Å². The van der Waals surface area contributed by atoms with E-state index >= 15 is 0 Å². The molecule has 242 valence electrons. The van der Waals surface area contributed by atoms with Crippen molar-refractivity contribution in [3.8, 4) is 0 Å². The Bertz CT molecular complexity index is 1760. The number of aromatic amines is 2. The van der Waals surface area contributed by atoms with E-state index in [2.05, 4.69) is 25.9 Å². The average molecular weight is 635 g/mol. The topological polar surface area (TPSA) is 257 Å². The van der Waals surface area contributed by atoms with Crippen LogP contribution in [0.1, 0.15) is 30.4 Å². The molecule has 2 aromatic heterocycles. The van der Waals surface area contributed by atoms with E-state index in [1.807, 2.05) is 42.5 Å². The van der Waals surface area contributed by atoms with Crippen LogP contribution in [0.4, 0.5) is 0 Å². The summed E-state index contributed by atoms with van der Waals surface area (Å²) in [6, 6.07) is 8.89. The van der Waals surface area contributed by atoms with Gasteiger partial charge in [0, 0.05) is 47.0 Å². The molecule has 4 aromatic rings. The number of nitrogens with two attached hydrogens (primary N) is 1. The Hall–Kier alpha value is -5.70. The summed E-state index contributed by atoms with van der Waals surface area (Å²) >= 11 is 0. The molecule has 0 radical (unpaired) electrons. The number of carbonyl (C=O) groups is 6. The summed E-state index contributed by atoms with van der Waals surface area (Å²) < 4.78 is 0.